The van der Waals surface area contributed by atoms with Gasteiger partial charge in [-0.3, -0.25) is 4.79 Å². The fourth-order valence-corrected chi connectivity index (χ4v) is 4.36. The second kappa shape index (κ2) is 9.29. The molecule has 0 bridgehead atoms. The number of carbonyl (C=O) groups is 2. The summed E-state index contributed by atoms with van der Waals surface area (Å²) in [5.41, 5.74) is -1.66. The number of halogens is 3. The molecule has 2 N–H and O–H groups in total. The van der Waals surface area contributed by atoms with E-state index in [0.29, 0.717) is 0 Å². The van der Waals surface area contributed by atoms with Crippen molar-refractivity contribution >= 4 is 39.2 Å². The third-order valence-corrected chi connectivity index (χ3v) is 6.00. The van der Waals surface area contributed by atoms with Gasteiger partial charge in [-0.2, -0.15) is 0 Å². The van der Waals surface area contributed by atoms with Crippen LogP contribution in [0.4, 0.5) is 14.5 Å². The summed E-state index contributed by atoms with van der Waals surface area (Å²) in [5.74, 6) is -3.99. The lowest BCUT2D eigenvalue weighted by Crippen LogP contribution is -2.40. The first kappa shape index (κ1) is 24.7. The molecule has 2 aromatic rings. The third kappa shape index (κ3) is 6.46. The maximum absolute atomic E-state index is 13.7. The number of ether oxygens (including phenoxy) is 1. The van der Waals surface area contributed by atoms with Gasteiger partial charge in [0.25, 0.3) is 5.91 Å². The van der Waals surface area contributed by atoms with Crippen LogP contribution in [-0.2, 0) is 19.6 Å². The second-order valence-electron chi connectivity index (χ2n) is 7.63. The molecule has 2 aromatic carbocycles. The average Bonchev–Trinajstić information content (AvgIpc) is 2.62. The Bertz CT molecular complexity index is 1100. The Balaban J connectivity index is 2.19. The number of para-hydroxylation sites is 1. The predicted octanol–water partition coefficient (Wildman–Crippen LogP) is 3.88. The highest BCUT2D eigenvalue weighted by atomic mass is 35.5. The van der Waals surface area contributed by atoms with Crippen LogP contribution in [-0.4, -0.2) is 31.9 Å². The molecule has 0 aliphatic heterocycles. The molecule has 0 spiro atoms. The molecule has 31 heavy (non-hydrogen) atoms. The molecule has 0 aliphatic rings. The highest BCUT2D eigenvalue weighted by molar-refractivity contribution is 7.89. The number of hydrogen-bond acceptors (Lipinski definition) is 5. The van der Waals surface area contributed by atoms with E-state index < -0.39 is 50.9 Å². The van der Waals surface area contributed by atoms with E-state index in [1.54, 1.807) is 20.8 Å². The Morgan fingerprint density at radius 3 is 2.23 bits per heavy atom. The smallest absolute Gasteiger partial charge is 0.338 e. The first-order chi connectivity index (χ1) is 14.2. The van der Waals surface area contributed by atoms with Crippen molar-refractivity contribution in [2.75, 3.05) is 5.32 Å². The molecule has 0 radical (unpaired) electrons. The van der Waals surface area contributed by atoms with Crippen LogP contribution < -0.4 is 10.0 Å². The van der Waals surface area contributed by atoms with E-state index in [1.807, 2.05) is 5.32 Å². The number of hydrogen-bond donors (Lipinski definition) is 2. The summed E-state index contributed by atoms with van der Waals surface area (Å²) in [6, 6.07) is 6.48. The van der Waals surface area contributed by atoms with Crippen LogP contribution in [0.3, 0.4) is 0 Å². The summed E-state index contributed by atoms with van der Waals surface area (Å²) in [4.78, 5) is 24.2. The molecule has 7 nitrogen and oxygen atoms in total. The third-order valence-electron chi connectivity index (χ3n) is 3.76. The Morgan fingerprint density at radius 1 is 1.10 bits per heavy atom. The Kier molecular flexibility index (Phi) is 7.40. The molecular weight excluding hydrogens is 454 g/mol. The Morgan fingerprint density at radius 2 is 1.68 bits per heavy atom. The fraction of sp³-hybridized carbons (Fsp3) is 0.300. The molecule has 168 valence electrons. The molecule has 0 aromatic heterocycles. The minimum atomic E-state index is -4.05. The predicted molar refractivity (Wildman–Crippen MR) is 111 cm³/mol. The number of nitrogens with one attached hydrogen (secondary N) is 2. The largest absolute Gasteiger partial charge is 0.449 e. The summed E-state index contributed by atoms with van der Waals surface area (Å²) in [7, 11) is -4.05. The molecule has 1 amide bonds. The zero-order valence-corrected chi connectivity index (χ0v) is 18.7. The standard InChI is InChI=1S/C20H21ClF2N2O5S/c1-11(18(26)24-17-14(22)6-5-7-15(17)23)30-19(27)12-8-9-13(21)16(10-12)31(28,29)25-20(2,3)4/h5-11,25H,1-4H3,(H,24,26). The zero-order chi connectivity index (χ0) is 23.6. The van der Waals surface area contributed by atoms with Crippen LogP contribution in [0.1, 0.15) is 38.1 Å². The summed E-state index contributed by atoms with van der Waals surface area (Å²) in [6.07, 6.45) is -1.44. The quantitative estimate of drug-likeness (QED) is 0.619. The summed E-state index contributed by atoms with van der Waals surface area (Å²) in [5, 5.41) is 1.90. The molecule has 2 rings (SSSR count). The summed E-state index contributed by atoms with van der Waals surface area (Å²) < 4.78 is 59.9. The van der Waals surface area contributed by atoms with Crippen molar-refractivity contribution in [3.8, 4) is 0 Å². The number of amides is 1. The van der Waals surface area contributed by atoms with Crippen molar-refractivity contribution in [3.05, 3.63) is 58.6 Å². The number of esters is 1. The van der Waals surface area contributed by atoms with E-state index >= 15 is 0 Å². The lowest BCUT2D eigenvalue weighted by molar-refractivity contribution is -0.123. The van der Waals surface area contributed by atoms with Crippen LogP contribution in [0.5, 0.6) is 0 Å². The second-order valence-corrected chi connectivity index (χ2v) is 9.69. The molecule has 0 aliphatic carbocycles. The van der Waals surface area contributed by atoms with Crippen molar-refractivity contribution in [3.63, 3.8) is 0 Å². The molecule has 1 unspecified atom stereocenters. The molecule has 1 atom stereocenters. The van der Waals surface area contributed by atoms with Gasteiger partial charge in [-0.25, -0.2) is 26.7 Å². The minimum absolute atomic E-state index is 0.117. The monoisotopic (exact) mass is 474 g/mol. The highest BCUT2D eigenvalue weighted by Gasteiger charge is 2.27. The first-order valence-corrected chi connectivity index (χ1v) is 10.9. The molecule has 0 saturated heterocycles. The van der Waals surface area contributed by atoms with E-state index in [1.165, 1.54) is 19.1 Å². The number of rotatable bonds is 6. The molecule has 11 heteroatoms. The minimum Gasteiger partial charge on any atom is -0.449 e. The zero-order valence-electron chi connectivity index (χ0n) is 17.1. The van der Waals surface area contributed by atoms with Gasteiger partial charge in [0.1, 0.15) is 22.2 Å². The topological polar surface area (TPSA) is 102 Å². The van der Waals surface area contributed by atoms with Crippen molar-refractivity contribution < 1.29 is 31.5 Å². The van der Waals surface area contributed by atoms with E-state index in [9.17, 15) is 26.8 Å². The van der Waals surface area contributed by atoms with Crippen LogP contribution in [0.2, 0.25) is 5.02 Å². The van der Waals surface area contributed by atoms with Crippen molar-refractivity contribution in [1.29, 1.82) is 0 Å². The number of carbonyl (C=O) groups excluding carboxylic acids is 2. The van der Waals surface area contributed by atoms with Gasteiger partial charge in [-0.05, 0) is 58.0 Å². The number of anilines is 1. The molecule has 0 heterocycles. The van der Waals surface area contributed by atoms with Crippen molar-refractivity contribution in [2.24, 2.45) is 0 Å². The van der Waals surface area contributed by atoms with Gasteiger partial charge < -0.3 is 10.1 Å². The van der Waals surface area contributed by atoms with E-state index in [-0.39, 0.29) is 15.5 Å². The van der Waals surface area contributed by atoms with Crippen molar-refractivity contribution in [2.45, 2.75) is 44.2 Å². The Hall–Kier alpha value is -2.56. The molecule has 0 saturated carbocycles. The van der Waals surface area contributed by atoms with Gasteiger partial charge in [-0.15, -0.1) is 0 Å². The van der Waals surface area contributed by atoms with Gasteiger partial charge in [-0.1, -0.05) is 17.7 Å². The summed E-state index contributed by atoms with van der Waals surface area (Å²) >= 11 is 5.98. The summed E-state index contributed by atoms with van der Waals surface area (Å²) in [6.45, 7) is 6.10. The maximum atomic E-state index is 13.7. The van der Waals surface area contributed by atoms with Crippen LogP contribution in [0, 0.1) is 11.6 Å². The normalized spacial score (nSPS) is 12.9. The first-order valence-electron chi connectivity index (χ1n) is 9.00. The van der Waals surface area contributed by atoms with Crippen LogP contribution >= 0.6 is 11.6 Å². The van der Waals surface area contributed by atoms with Gasteiger partial charge in [0, 0.05) is 5.54 Å². The fourth-order valence-electron chi connectivity index (χ4n) is 2.42. The Labute approximate surface area is 183 Å². The van der Waals surface area contributed by atoms with E-state index in [0.717, 1.165) is 24.3 Å². The number of benzene rings is 2. The van der Waals surface area contributed by atoms with E-state index in [2.05, 4.69) is 4.72 Å². The van der Waals surface area contributed by atoms with Gasteiger partial charge in [0.2, 0.25) is 10.0 Å². The number of sulfonamides is 1. The van der Waals surface area contributed by atoms with Gasteiger partial charge in [0.15, 0.2) is 6.10 Å². The average molecular weight is 475 g/mol. The maximum Gasteiger partial charge on any atom is 0.338 e. The van der Waals surface area contributed by atoms with E-state index in [4.69, 9.17) is 16.3 Å². The van der Waals surface area contributed by atoms with Gasteiger partial charge >= 0.3 is 5.97 Å². The van der Waals surface area contributed by atoms with Gasteiger partial charge in [0.05, 0.1) is 10.6 Å². The lowest BCUT2D eigenvalue weighted by atomic mass is 10.1. The molecule has 0 fully saturated rings. The van der Waals surface area contributed by atoms with Crippen molar-refractivity contribution in [1.82, 2.24) is 4.72 Å². The van der Waals surface area contributed by atoms with Crippen LogP contribution in [0.25, 0.3) is 0 Å². The lowest BCUT2D eigenvalue weighted by Gasteiger charge is -2.21. The highest BCUT2D eigenvalue weighted by Crippen LogP contribution is 2.25. The molecular formula is C20H21ClF2N2O5S. The van der Waals surface area contributed by atoms with Crippen LogP contribution in [0.15, 0.2) is 41.3 Å². The SMILES string of the molecule is CC(OC(=O)c1ccc(Cl)c(S(=O)(=O)NC(C)(C)C)c1)C(=O)Nc1c(F)cccc1F.